The number of carbonyl (C=O) groups is 1. The molecule has 0 amide bonds. The quantitative estimate of drug-likeness (QED) is 0.659. The smallest absolute Gasteiger partial charge is 0.306 e. The second-order valence-electron chi connectivity index (χ2n) is 5.85. The van der Waals surface area contributed by atoms with Crippen LogP contribution in [0.15, 0.2) is 47.4 Å². The molecular formula is C19H18N2O6. The Hall–Kier alpha value is -3.55. The van der Waals surface area contributed by atoms with Crippen LogP contribution in [0, 0.1) is 0 Å². The van der Waals surface area contributed by atoms with Gasteiger partial charge in [-0.25, -0.2) is 0 Å². The summed E-state index contributed by atoms with van der Waals surface area (Å²) in [5, 5.41) is 20.3. The average Bonchev–Trinajstić information content (AvgIpc) is 2.67. The third-order valence-electron chi connectivity index (χ3n) is 4.30. The fraction of sp³-hybridized carbons (Fsp3) is 0.211. The lowest BCUT2D eigenvalue weighted by Gasteiger charge is -2.18. The Morgan fingerprint density at radius 3 is 2.70 bits per heavy atom. The lowest BCUT2D eigenvalue weighted by Crippen LogP contribution is -2.24. The van der Waals surface area contributed by atoms with Crippen molar-refractivity contribution in [3.05, 3.63) is 64.1 Å². The zero-order valence-electron chi connectivity index (χ0n) is 14.7. The highest BCUT2D eigenvalue weighted by atomic mass is 16.5. The van der Waals surface area contributed by atoms with Crippen molar-refractivity contribution < 1.29 is 24.5 Å². The van der Waals surface area contributed by atoms with E-state index in [1.165, 1.54) is 36.9 Å². The zero-order valence-corrected chi connectivity index (χ0v) is 14.7. The van der Waals surface area contributed by atoms with Crippen molar-refractivity contribution in [2.75, 3.05) is 14.2 Å². The molecule has 3 rings (SSSR count). The van der Waals surface area contributed by atoms with E-state index in [-0.39, 0.29) is 29.1 Å². The first-order chi connectivity index (χ1) is 13.0. The van der Waals surface area contributed by atoms with E-state index < -0.39 is 23.3 Å². The van der Waals surface area contributed by atoms with Crippen molar-refractivity contribution in [1.82, 2.24) is 9.38 Å². The monoisotopic (exact) mass is 370 g/mol. The van der Waals surface area contributed by atoms with E-state index in [0.29, 0.717) is 5.56 Å². The molecule has 0 spiro atoms. The van der Waals surface area contributed by atoms with Crippen LogP contribution in [0.25, 0.3) is 5.65 Å². The Balaban J connectivity index is 2.24. The van der Waals surface area contributed by atoms with Crippen molar-refractivity contribution >= 4 is 11.6 Å². The van der Waals surface area contributed by atoms with E-state index in [9.17, 15) is 19.8 Å². The lowest BCUT2D eigenvalue weighted by atomic mass is 9.89. The topological polar surface area (TPSA) is 110 Å². The van der Waals surface area contributed by atoms with Crippen molar-refractivity contribution in [2.45, 2.75) is 12.3 Å². The van der Waals surface area contributed by atoms with E-state index >= 15 is 0 Å². The molecule has 2 N–H and O–H groups in total. The molecule has 27 heavy (non-hydrogen) atoms. The normalized spacial score (nSPS) is 11.9. The van der Waals surface area contributed by atoms with Crippen LogP contribution >= 0.6 is 0 Å². The van der Waals surface area contributed by atoms with Gasteiger partial charge in [0.15, 0.2) is 11.5 Å². The van der Waals surface area contributed by atoms with E-state index in [1.807, 2.05) is 0 Å². The molecule has 0 saturated carbocycles. The third-order valence-corrected chi connectivity index (χ3v) is 4.30. The number of pyridine rings is 1. The summed E-state index contributed by atoms with van der Waals surface area (Å²) in [5.74, 6) is -1.79. The maximum atomic E-state index is 13.0. The molecule has 2 heterocycles. The molecule has 0 aliphatic heterocycles. The third kappa shape index (κ3) is 3.41. The fourth-order valence-corrected chi connectivity index (χ4v) is 2.94. The van der Waals surface area contributed by atoms with Crippen molar-refractivity contribution in [3.63, 3.8) is 0 Å². The number of rotatable bonds is 5. The van der Waals surface area contributed by atoms with Gasteiger partial charge < -0.3 is 19.7 Å². The van der Waals surface area contributed by atoms with E-state index in [0.717, 1.165) is 0 Å². The summed E-state index contributed by atoms with van der Waals surface area (Å²) in [6.45, 7) is 0. The number of benzene rings is 1. The lowest BCUT2D eigenvalue weighted by molar-refractivity contribution is -0.140. The Kier molecular flexibility index (Phi) is 4.98. The Morgan fingerprint density at radius 1 is 1.22 bits per heavy atom. The van der Waals surface area contributed by atoms with Gasteiger partial charge in [0.2, 0.25) is 5.88 Å². The first-order valence-corrected chi connectivity index (χ1v) is 8.10. The van der Waals surface area contributed by atoms with Gasteiger partial charge in [0, 0.05) is 12.1 Å². The van der Waals surface area contributed by atoms with Crippen LogP contribution in [-0.4, -0.2) is 39.8 Å². The zero-order chi connectivity index (χ0) is 19.6. The number of phenols is 1. The molecule has 1 aromatic carbocycles. The Bertz CT molecular complexity index is 1060. The number of hydrogen-bond acceptors (Lipinski definition) is 7. The van der Waals surface area contributed by atoms with Crippen LogP contribution in [0.4, 0.5) is 0 Å². The molecule has 0 radical (unpaired) electrons. The first kappa shape index (κ1) is 18.2. The minimum absolute atomic E-state index is 0.0446. The van der Waals surface area contributed by atoms with E-state index in [2.05, 4.69) is 4.98 Å². The summed E-state index contributed by atoms with van der Waals surface area (Å²) in [7, 11) is 2.63. The van der Waals surface area contributed by atoms with Gasteiger partial charge in [-0.3, -0.25) is 14.0 Å². The summed E-state index contributed by atoms with van der Waals surface area (Å²) < 4.78 is 11.1. The predicted molar refractivity (Wildman–Crippen MR) is 96.3 cm³/mol. The number of phenolic OH excluding ortho intramolecular Hbond substituents is 1. The molecule has 8 heteroatoms. The highest BCUT2D eigenvalue weighted by Gasteiger charge is 2.27. The van der Waals surface area contributed by atoms with Gasteiger partial charge in [-0.15, -0.1) is 0 Å². The number of esters is 1. The van der Waals surface area contributed by atoms with Crippen LogP contribution in [0.5, 0.6) is 17.4 Å². The summed E-state index contributed by atoms with van der Waals surface area (Å²) >= 11 is 0. The standard InChI is InChI=1S/C19H18N2O6/c1-26-14-9-11(6-7-13(14)22)12(10-16(23)27-2)17-18(24)20-15-5-3-4-8-21(15)19(17)25/h3-9,12,22,24H,10H2,1-2H3/t12-/m1/s1. The Morgan fingerprint density at radius 2 is 2.00 bits per heavy atom. The van der Waals surface area contributed by atoms with E-state index in [4.69, 9.17) is 9.47 Å². The minimum Gasteiger partial charge on any atom is -0.504 e. The largest absolute Gasteiger partial charge is 0.504 e. The number of methoxy groups -OCH3 is 2. The highest BCUT2D eigenvalue weighted by Crippen LogP contribution is 2.36. The number of carbonyl (C=O) groups excluding carboxylic acids is 1. The summed E-state index contributed by atoms with van der Waals surface area (Å²) in [6, 6.07) is 9.38. The van der Waals surface area contributed by atoms with Gasteiger partial charge in [0.1, 0.15) is 5.65 Å². The minimum atomic E-state index is -0.843. The van der Waals surface area contributed by atoms with Gasteiger partial charge in [-0.1, -0.05) is 12.1 Å². The molecular weight excluding hydrogens is 352 g/mol. The van der Waals surface area contributed by atoms with Crippen LogP contribution in [-0.2, 0) is 9.53 Å². The predicted octanol–water partition coefficient (Wildman–Crippen LogP) is 1.81. The van der Waals surface area contributed by atoms with Crippen LogP contribution < -0.4 is 10.3 Å². The maximum absolute atomic E-state index is 13.0. The highest BCUT2D eigenvalue weighted by molar-refractivity contribution is 5.71. The molecule has 0 unspecified atom stereocenters. The first-order valence-electron chi connectivity index (χ1n) is 8.10. The number of hydrogen-bond donors (Lipinski definition) is 2. The van der Waals surface area contributed by atoms with Gasteiger partial charge in [0.05, 0.1) is 26.2 Å². The summed E-state index contributed by atoms with van der Waals surface area (Å²) in [5.41, 5.74) is 0.222. The molecule has 0 fully saturated rings. The molecule has 0 saturated heterocycles. The van der Waals surface area contributed by atoms with Gasteiger partial charge in [0.25, 0.3) is 5.56 Å². The molecule has 0 bridgehead atoms. The number of fused-ring (bicyclic) bond motifs is 1. The number of ether oxygens (including phenoxy) is 2. The second-order valence-corrected chi connectivity index (χ2v) is 5.85. The van der Waals surface area contributed by atoms with Crippen molar-refractivity contribution in [2.24, 2.45) is 0 Å². The second kappa shape index (κ2) is 7.36. The molecule has 0 aliphatic carbocycles. The van der Waals surface area contributed by atoms with Gasteiger partial charge in [-0.05, 0) is 29.8 Å². The average molecular weight is 370 g/mol. The summed E-state index contributed by atoms with van der Waals surface area (Å²) in [4.78, 5) is 29.0. The number of aromatic hydroxyl groups is 2. The van der Waals surface area contributed by atoms with Crippen molar-refractivity contribution in [3.8, 4) is 17.4 Å². The van der Waals surface area contributed by atoms with E-state index in [1.54, 1.807) is 24.3 Å². The SMILES string of the molecule is COC(=O)C[C@H](c1ccc(O)c(OC)c1)c1c(O)nc2ccccn2c1=O. The fourth-order valence-electron chi connectivity index (χ4n) is 2.94. The van der Waals surface area contributed by atoms with Gasteiger partial charge >= 0.3 is 5.97 Å². The van der Waals surface area contributed by atoms with Gasteiger partial charge in [-0.2, -0.15) is 4.98 Å². The molecule has 1 atom stereocenters. The molecule has 8 nitrogen and oxygen atoms in total. The number of nitrogens with zero attached hydrogens (tertiary/aromatic N) is 2. The van der Waals surface area contributed by atoms with Crippen LogP contribution in [0.2, 0.25) is 0 Å². The Labute approximate surface area is 154 Å². The van der Waals surface area contributed by atoms with Crippen LogP contribution in [0.1, 0.15) is 23.5 Å². The molecule has 3 aromatic rings. The molecule has 2 aromatic heterocycles. The summed E-state index contributed by atoms with van der Waals surface area (Å²) in [6.07, 6.45) is 1.33. The molecule has 0 aliphatic rings. The molecule has 140 valence electrons. The maximum Gasteiger partial charge on any atom is 0.306 e. The van der Waals surface area contributed by atoms with Crippen LogP contribution in [0.3, 0.4) is 0 Å². The number of aromatic nitrogens is 2. The van der Waals surface area contributed by atoms with Crippen molar-refractivity contribution in [1.29, 1.82) is 0 Å².